The van der Waals surface area contributed by atoms with Crippen LogP contribution in [-0.2, 0) is 0 Å². The molecule has 1 aliphatic heterocycles. The number of pyridine rings is 1. The van der Waals surface area contributed by atoms with E-state index in [2.05, 4.69) is 9.97 Å². The number of nitrogens with zero attached hydrogens (tertiary/aromatic N) is 1. The smallest absolute Gasteiger partial charge is 0.229 e. The highest BCUT2D eigenvalue weighted by Gasteiger charge is 2.09. The van der Waals surface area contributed by atoms with Gasteiger partial charge in [0.25, 0.3) is 0 Å². The van der Waals surface area contributed by atoms with Crippen molar-refractivity contribution in [3.63, 3.8) is 0 Å². The van der Waals surface area contributed by atoms with E-state index in [1.54, 1.807) is 30.6 Å². The van der Waals surface area contributed by atoms with Crippen LogP contribution in [0.2, 0.25) is 0 Å². The van der Waals surface area contributed by atoms with Crippen molar-refractivity contribution < 1.29 is 0 Å². The van der Waals surface area contributed by atoms with Crippen LogP contribution < -0.4 is 10.9 Å². The van der Waals surface area contributed by atoms with E-state index in [-0.39, 0.29) is 16.4 Å². The Bertz CT molecular complexity index is 895. The molecule has 84 valence electrons. The molecule has 0 unspecified atom stereocenters. The van der Waals surface area contributed by atoms with Gasteiger partial charge in [-0.2, -0.15) is 0 Å². The van der Waals surface area contributed by atoms with Gasteiger partial charge in [-0.25, -0.2) is 4.98 Å². The van der Waals surface area contributed by atoms with Crippen molar-refractivity contribution in [2.45, 2.75) is 6.92 Å². The summed E-state index contributed by atoms with van der Waals surface area (Å²) in [5.74, 6) is 0. The standard InChI is InChI=1S/C12H8N2O2S/c1-6-2-3-7-8(14-6)11(16)9-12(10(7)15)17-5-4-13-9/h2-5,13H,1H3. The molecule has 0 fully saturated rings. The van der Waals surface area contributed by atoms with Crippen molar-refractivity contribution in [3.05, 3.63) is 59.7 Å². The molecule has 0 bridgehead atoms. The summed E-state index contributed by atoms with van der Waals surface area (Å²) in [5, 5.41) is 2.48. The summed E-state index contributed by atoms with van der Waals surface area (Å²) < 4.78 is 0.454. The highest BCUT2D eigenvalue weighted by Crippen LogP contribution is 2.06. The Morgan fingerprint density at radius 2 is 2.06 bits per heavy atom. The molecule has 3 rings (SSSR count). The zero-order chi connectivity index (χ0) is 12.0. The number of nitrogens with one attached hydrogen (secondary N) is 1. The lowest BCUT2D eigenvalue weighted by atomic mass is 10.2. The molecule has 5 heteroatoms. The number of H-pyrrole nitrogens is 1. The Kier molecular flexibility index (Phi) is 2.09. The second-order valence-corrected chi connectivity index (χ2v) is 4.69. The Balaban J connectivity index is 2.81. The van der Waals surface area contributed by atoms with Gasteiger partial charge < -0.3 is 4.98 Å². The minimum Gasteiger partial charge on any atom is -0.356 e. The number of aryl methyl sites for hydroxylation is 1. The van der Waals surface area contributed by atoms with Crippen LogP contribution in [0.1, 0.15) is 5.69 Å². The summed E-state index contributed by atoms with van der Waals surface area (Å²) in [4.78, 5) is 31.3. The molecule has 0 saturated heterocycles. The molecular weight excluding hydrogens is 236 g/mol. The maximum atomic E-state index is 12.2. The first-order chi connectivity index (χ1) is 8.18. The molecule has 0 spiro atoms. The number of hydrogen-bond donors (Lipinski definition) is 1. The van der Waals surface area contributed by atoms with Gasteiger partial charge in [-0.15, -0.1) is 11.3 Å². The lowest BCUT2D eigenvalue weighted by Gasteiger charge is -1.98. The van der Waals surface area contributed by atoms with Gasteiger partial charge in [0.1, 0.15) is 15.4 Å². The summed E-state index contributed by atoms with van der Waals surface area (Å²) >= 11 is 1.27. The predicted molar refractivity (Wildman–Crippen MR) is 66.5 cm³/mol. The van der Waals surface area contributed by atoms with Crippen molar-refractivity contribution >= 4 is 22.2 Å². The Labute approximate surface area is 99.2 Å². The summed E-state index contributed by atoms with van der Waals surface area (Å²) in [6.07, 6.45) is 1.65. The second kappa shape index (κ2) is 3.49. The van der Waals surface area contributed by atoms with E-state index >= 15 is 0 Å². The highest BCUT2D eigenvalue weighted by molar-refractivity contribution is 7.07. The number of aromatic amines is 1. The fraction of sp³-hybridized carbons (Fsp3) is 0.0833. The minimum atomic E-state index is -0.213. The predicted octanol–water partition coefficient (Wildman–Crippen LogP) is 1.38. The van der Waals surface area contributed by atoms with E-state index in [0.29, 0.717) is 15.3 Å². The second-order valence-electron chi connectivity index (χ2n) is 3.78. The number of hydrogen-bond acceptors (Lipinski definition) is 4. The largest absolute Gasteiger partial charge is 0.356 e. The molecule has 2 aliphatic rings. The van der Waals surface area contributed by atoms with E-state index in [1.165, 1.54) is 11.3 Å². The van der Waals surface area contributed by atoms with Crippen molar-refractivity contribution in [3.8, 4) is 0 Å². The molecule has 1 N–H and O–H groups in total. The molecule has 0 radical (unpaired) electrons. The number of rotatable bonds is 0. The first kappa shape index (κ1) is 10.2. The molecule has 1 aromatic rings. The summed E-state index contributed by atoms with van der Waals surface area (Å²) in [6, 6.07) is 3.41. The van der Waals surface area contributed by atoms with Gasteiger partial charge >= 0.3 is 0 Å². The van der Waals surface area contributed by atoms with Crippen molar-refractivity contribution in [1.82, 2.24) is 9.97 Å². The van der Waals surface area contributed by atoms with E-state index in [1.807, 2.05) is 0 Å². The van der Waals surface area contributed by atoms with Crippen molar-refractivity contribution in [1.29, 1.82) is 0 Å². The molecule has 1 aliphatic carbocycles. The number of aromatic nitrogens is 2. The monoisotopic (exact) mass is 244 g/mol. The molecule has 1 aromatic heterocycles. The topological polar surface area (TPSA) is 62.8 Å². The maximum Gasteiger partial charge on any atom is 0.229 e. The van der Waals surface area contributed by atoms with Gasteiger partial charge in [0.2, 0.25) is 10.9 Å². The van der Waals surface area contributed by atoms with E-state index in [0.717, 1.165) is 5.69 Å². The zero-order valence-electron chi connectivity index (χ0n) is 8.98. The van der Waals surface area contributed by atoms with Gasteiger partial charge in [0.15, 0.2) is 0 Å². The SMILES string of the molecule is Cc1ccc2c(=O)c3scc[nH]c=3c(=O)c2n1. The lowest BCUT2D eigenvalue weighted by molar-refractivity contribution is 1.19. The van der Waals surface area contributed by atoms with Crippen LogP contribution in [0.4, 0.5) is 0 Å². The molecule has 4 nitrogen and oxygen atoms in total. The highest BCUT2D eigenvalue weighted by atomic mass is 32.1. The van der Waals surface area contributed by atoms with Crippen LogP contribution in [-0.4, -0.2) is 9.97 Å². The van der Waals surface area contributed by atoms with Crippen LogP contribution in [0.3, 0.4) is 0 Å². The normalized spacial score (nSPS) is 11.1. The average Bonchev–Trinajstić information content (AvgIpc) is 2.36. The fourth-order valence-corrected chi connectivity index (χ4v) is 2.59. The quantitative estimate of drug-likeness (QED) is 0.649. The van der Waals surface area contributed by atoms with Gasteiger partial charge in [0.05, 0.1) is 5.39 Å². The third-order valence-corrected chi connectivity index (χ3v) is 3.53. The van der Waals surface area contributed by atoms with Gasteiger partial charge in [0, 0.05) is 17.3 Å². The first-order valence-corrected chi connectivity index (χ1v) is 5.96. The van der Waals surface area contributed by atoms with Gasteiger partial charge in [-0.05, 0) is 19.1 Å². The molecule has 17 heavy (non-hydrogen) atoms. The molecule has 0 aromatic carbocycles. The summed E-state index contributed by atoms with van der Waals surface area (Å²) in [6.45, 7) is 1.80. The third-order valence-electron chi connectivity index (χ3n) is 2.64. The van der Waals surface area contributed by atoms with Crippen molar-refractivity contribution in [2.75, 3.05) is 0 Å². The van der Waals surface area contributed by atoms with Crippen LogP contribution in [0, 0.1) is 16.8 Å². The number of fused-ring (bicyclic) bond motifs is 1. The summed E-state index contributed by atoms with van der Waals surface area (Å²) in [7, 11) is 0. The van der Waals surface area contributed by atoms with Crippen LogP contribution in [0.15, 0.2) is 33.3 Å². The fourth-order valence-electron chi connectivity index (χ4n) is 1.83. The van der Waals surface area contributed by atoms with Crippen LogP contribution >= 0.6 is 11.3 Å². The van der Waals surface area contributed by atoms with E-state index < -0.39 is 0 Å². The third kappa shape index (κ3) is 1.39. The lowest BCUT2D eigenvalue weighted by Crippen LogP contribution is -2.16. The van der Waals surface area contributed by atoms with E-state index in [4.69, 9.17) is 0 Å². The Morgan fingerprint density at radius 3 is 2.88 bits per heavy atom. The maximum absolute atomic E-state index is 12.2. The molecule has 0 saturated carbocycles. The first-order valence-electron chi connectivity index (χ1n) is 5.08. The van der Waals surface area contributed by atoms with Crippen molar-refractivity contribution in [2.24, 2.45) is 0 Å². The Morgan fingerprint density at radius 1 is 1.24 bits per heavy atom. The summed E-state index contributed by atoms with van der Waals surface area (Å²) in [5.41, 5.74) is 0.629. The molecule has 0 atom stereocenters. The van der Waals surface area contributed by atoms with E-state index in [9.17, 15) is 9.59 Å². The van der Waals surface area contributed by atoms with Crippen LogP contribution in [0.25, 0.3) is 10.9 Å². The minimum absolute atomic E-state index is 0.135. The van der Waals surface area contributed by atoms with Gasteiger partial charge in [-0.1, -0.05) is 0 Å². The average molecular weight is 244 g/mol. The Hall–Kier alpha value is -2.01. The molecule has 0 amide bonds. The van der Waals surface area contributed by atoms with Gasteiger partial charge in [-0.3, -0.25) is 9.59 Å². The molecular formula is C12H8N2O2S. The van der Waals surface area contributed by atoms with Crippen LogP contribution in [0.5, 0.6) is 0 Å². The zero-order valence-corrected chi connectivity index (χ0v) is 9.80. The molecule has 2 heterocycles.